The number of benzene rings is 2. The lowest BCUT2D eigenvalue weighted by molar-refractivity contribution is -0.117. The van der Waals surface area contributed by atoms with E-state index < -0.39 is 5.91 Å². The van der Waals surface area contributed by atoms with Crippen LogP contribution in [0.1, 0.15) is 21.7 Å². The van der Waals surface area contributed by atoms with Gasteiger partial charge >= 0.3 is 0 Å². The molecule has 1 aliphatic rings. The fourth-order valence-electron chi connectivity index (χ4n) is 3.57. The zero-order chi connectivity index (χ0) is 20.4. The average molecular weight is 395 g/mol. The number of hydroxylamine groups is 1. The summed E-state index contributed by atoms with van der Waals surface area (Å²) in [5.74, 6) is 0.884. The first-order valence-electron chi connectivity index (χ1n) is 9.22. The van der Waals surface area contributed by atoms with Gasteiger partial charge in [-0.05, 0) is 42.8 Å². The number of nitrogens with zero attached hydrogens (tertiary/aromatic N) is 1. The van der Waals surface area contributed by atoms with Crippen molar-refractivity contribution in [2.75, 3.05) is 25.5 Å². The number of hydrogen-bond acceptors (Lipinski definition) is 6. The monoisotopic (exact) mass is 395 g/mol. The highest BCUT2D eigenvalue weighted by Gasteiger charge is 2.24. The summed E-state index contributed by atoms with van der Waals surface area (Å²) in [6.45, 7) is 1.56. The number of methoxy groups -OCH3 is 1. The van der Waals surface area contributed by atoms with E-state index in [0.717, 1.165) is 35.4 Å². The van der Waals surface area contributed by atoms with Crippen LogP contribution in [0.4, 0.5) is 5.69 Å². The number of anilines is 1. The zero-order valence-corrected chi connectivity index (χ0v) is 15.9. The molecule has 0 spiro atoms. The van der Waals surface area contributed by atoms with Crippen molar-refractivity contribution in [2.24, 2.45) is 0 Å². The van der Waals surface area contributed by atoms with Gasteiger partial charge in [0.15, 0.2) is 0 Å². The molecule has 8 heteroatoms. The third-order valence-electron chi connectivity index (χ3n) is 5.03. The Hall–Kier alpha value is -3.36. The minimum atomic E-state index is -0.601. The average Bonchev–Trinajstić information content (AvgIpc) is 3.10. The van der Waals surface area contributed by atoms with Gasteiger partial charge < -0.3 is 14.5 Å². The lowest BCUT2D eigenvalue weighted by atomic mass is 10.0. The fraction of sp³-hybridized carbons (Fsp3) is 0.238. The highest BCUT2D eigenvalue weighted by Crippen LogP contribution is 2.32. The number of hydrogen-bond donors (Lipinski definition) is 3. The third-order valence-corrected chi connectivity index (χ3v) is 5.03. The van der Waals surface area contributed by atoms with Gasteiger partial charge in [-0.2, -0.15) is 0 Å². The number of ether oxygens (including phenoxy) is 1. The number of rotatable bonds is 5. The van der Waals surface area contributed by atoms with Crippen LogP contribution in [0.3, 0.4) is 0 Å². The van der Waals surface area contributed by atoms with Crippen LogP contribution in [0.5, 0.6) is 5.75 Å². The van der Waals surface area contributed by atoms with Crippen molar-refractivity contribution in [2.45, 2.75) is 13.0 Å². The Labute approximate surface area is 167 Å². The van der Waals surface area contributed by atoms with Crippen LogP contribution in [0.25, 0.3) is 11.0 Å². The lowest BCUT2D eigenvalue weighted by Crippen LogP contribution is -2.36. The Morgan fingerprint density at radius 2 is 2.00 bits per heavy atom. The molecule has 1 aliphatic heterocycles. The Kier molecular flexibility index (Phi) is 5.20. The van der Waals surface area contributed by atoms with E-state index in [-0.39, 0.29) is 12.5 Å². The molecule has 2 heterocycles. The van der Waals surface area contributed by atoms with Gasteiger partial charge in [-0.15, -0.1) is 0 Å². The first-order valence-corrected chi connectivity index (χ1v) is 9.22. The van der Waals surface area contributed by atoms with Crippen molar-refractivity contribution < 1.29 is 24.0 Å². The van der Waals surface area contributed by atoms with Gasteiger partial charge in [0.1, 0.15) is 17.1 Å². The predicted octanol–water partition coefficient (Wildman–Crippen LogP) is 2.56. The minimum absolute atomic E-state index is 0.148. The molecule has 0 atom stereocenters. The maximum absolute atomic E-state index is 12.4. The lowest BCUT2D eigenvalue weighted by Gasteiger charge is -2.25. The van der Waals surface area contributed by atoms with Gasteiger partial charge in [0, 0.05) is 34.8 Å². The van der Waals surface area contributed by atoms with Gasteiger partial charge in [0.25, 0.3) is 5.91 Å². The molecule has 0 saturated carbocycles. The number of furan rings is 1. The predicted molar refractivity (Wildman–Crippen MR) is 106 cm³/mol. The van der Waals surface area contributed by atoms with Crippen molar-refractivity contribution in [1.29, 1.82) is 0 Å². The smallest absolute Gasteiger partial charge is 0.274 e. The molecule has 3 N–H and O–H groups in total. The van der Waals surface area contributed by atoms with Crippen LogP contribution < -0.4 is 15.5 Å². The van der Waals surface area contributed by atoms with E-state index >= 15 is 0 Å². The molecule has 29 heavy (non-hydrogen) atoms. The quantitative estimate of drug-likeness (QED) is 0.453. The molecule has 150 valence electrons. The maximum Gasteiger partial charge on any atom is 0.274 e. The molecule has 0 saturated heterocycles. The van der Waals surface area contributed by atoms with E-state index in [1.807, 2.05) is 23.1 Å². The number of carbonyl (C=O) groups is 2. The van der Waals surface area contributed by atoms with Crippen molar-refractivity contribution in [3.63, 3.8) is 0 Å². The molecule has 2 amide bonds. The number of carbonyl (C=O) groups excluding carboxylic acids is 2. The number of nitrogens with one attached hydrogen (secondary N) is 2. The second-order valence-corrected chi connectivity index (χ2v) is 6.89. The van der Waals surface area contributed by atoms with Gasteiger partial charge in [0.05, 0.1) is 20.2 Å². The van der Waals surface area contributed by atoms with Crippen LogP contribution >= 0.6 is 0 Å². The molecule has 1 aromatic heterocycles. The SMILES string of the molecule is COc1ccc2c3c(oc2c1)CN(CC(=O)Nc1ccc(C(=O)NO)cc1)CC3. The molecule has 0 fully saturated rings. The van der Waals surface area contributed by atoms with Crippen molar-refractivity contribution in [3.05, 3.63) is 59.4 Å². The molecule has 0 bridgehead atoms. The Balaban J connectivity index is 1.39. The van der Waals surface area contributed by atoms with Crippen molar-refractivity contribution >= 4 is 28.5 Å². The normalized spacial score (nSPS) is 13.7. The first kappa shape index (κ1) is 19.0. The summed E-state index contributed by atoms with van der Waals surface area (Å²) >= 11 is 0. The van der Waals surface area contributed by atoms with E-state index in [9.17, 15) is 9.59 Å². The van der Waals surface area contributed by atoms with Gasteiger partial charge in [-0.1, -0.05) is 0 Å². The molecule has 8 nitrogen and oxygen atoms in total. The fourth-order valence-corrected chi connectivity index (χ4v) is 3.57. The maximum atomic E-state index is 12.4. The summed E-state index contributed by atoms with van der Waals surface area (Å²) in [7, 11) is 1.62. The number of amides is 2. The van der Waals surface area contributed by atoms with E-state index in [4.69, 9.17) is 14.4 Å². The Bertz CT molecular complexity index is 1060. The van der Waals surface area contributed by atoms with Crippen LogP contribution in [0.2, 0.25) is 0 Å². The van der Waals surface area contributed by atoms with E-state index in [2.05, 4.69) is 5.32 Å². The van der Waals surface area contributed by atoms with Crippen LogP contribution in [0.15, 0.2) is 46.9 Å². The minimum Gasteiger partial charge on any atom is -0.497 e. The number of fused-ring (bicyclic) bond motifs is 3. The van der Waals surface area contributed by atoms with Crippen LogP contribution in [-0.4, -0.2) is 42.1 Å². The summed E-state index contributed by atoms with van der Waals surface area (Å²) in [6, 6.07) is 12.1. The second kappa shape index (κ2) is 7.94. The van der Waals surface area contributed by atoms with Crippen LogP contribution in [0, 0.1) is 0 Å². The summed E-state index contributed by atoms with van der Waals surface area (Å²) in [5, 5.41) is 12.6. The molecular weight excluding hydrogens is 374 g/mol. The highest BCUT2D eigenvalue weighted by atomic mass is 16.5. The Morgan fingerprint density at radius 1 is 1.21 bits per heavy atom. The van der Waals surface area contributed by atoms with Crippen molar-refractivity contribution in [3.8, 4) is 5.75 Å². The topological polar surface area (TPSA) is 104 Å². The summed E-state index contributed by atoms with van der Waals surface area (Å²) in [4.78, 5) is 25.8. The Morgan fingerprint density at radius 3 is 2.72 bits per heavy atom. The van der Waals surface area contributed by atoms with Gasteiger partial charge in [-0.3, -0.25) is 19.7 Å². The standard InChI is InChI=1S/C21H21N3O5/c1-28-15-6-7-16-17-8-9-24(11-19(17)29-18(16)10-15)12-20(25)22-14-4-2-13(3-5-14)21(26)23-27/h2-7,10,27H,8-9,11-12H2,1H3,(H,22,25)(H,23,26). The summed E-state index contributed by atoms with van der Waals surface area (Å²) in [6.07, 6.45) is 0.812. The van der Waals surface area contributed by atoms with E-state index in [1.165, 1.54) is 17.7 Å². The largest absolute Gasteiger partial charge is 0.497 e. The van der Waals surface area contributed by atoms with E-state index in [0.29, 0.717) is 17.8 Å². The van der Waals surface area contributed by atoms with Gasteiger partial charge in [0.2, 0.25) is 5.91 Å². The summed E-state index contributed by atoms with van der Waals surface area (Å²) in [5.41, 5.74) is 4.44. The molecule has 3 aromatic rings. The van der Waals surface area contributed by atoms with E-state index in [1.54, 1.807) is 24.7 Å². The molecule has 0 radical (unpaired) electrons. The molecule has 0 aliphatic carbocycles. The molecule has 0 unspecified atom stereocenters. The zero-order valence-electron chi connectivity index (χ0n) is 15.9. The first-order chi connectivity index (χ1) is 14.1. The summed E-state index contributed by atoms with van der Waals surface area (Å²) < 4.78 is 11.3. The molecule has 2 aromatic carbocycles. The third kappa shape index (κ3) is 3.94. The van der Waals surface area contributed by atoms with Crippen LogP contribution in [-0.2, 0) is 17.8 Å². The van der Waals surface area contributed by atoms with Gasteiger partial charge in [-0.25, -0.2) is 5.48 Å². The molecular formula is C21H21N3O5. The van der Waals surface area contributed by atoms with Crippen molar-refractivity contribution in [1.82, 2.24) is 10.4 Å². The highest BCUT2D eigenvalue weighted by molar-refractivity contribution is 5.95. The molecule has 4 rings (SSSR count). The second-order valence-electron chi connectivity index (χ2n) is 6.89.